The molecule has 1 fully saturated rings. The minimum absolute atomic E-state index is 0.204. The third kappa shape index (κ3) is 3.12. The summed E-state index contributed by atoms with van der Waals surface area (Å²) in [6, 6.07) is 1.95. The Hall–Kier alpha value is -0.870. The van der Waals surface area contributed by atoms with Crippen molar-refractivity contribution in [2.24, 2.45) is 0 Å². The van der Waals surface area contributed by atoms with Gasteiger partial charge in [-0.05, 0) is 39.3 Å². The molecule has 0 aliphatic carbocycles. The fourth-order valence-corrected chi connectivity index (χ4v) is 2.46. The predicted octanol–water partition coefficient (Wildman–Crippen LogP) is 2.84. The Bertz CT molecular complexity index is 405. The van der Waals surface area contributed by atoms with Gasteiger partial charge in [0.2, 0.25) is 0 Å². The minimum Gasteiger partial charge on any atom is -0.350 e. The molecule has 0 aromatic carbocycles. The molecule has 1 unspecified atom stereocenters. The van der Waals surface area contributed by atoms with E-state index in [1.165, 1.54) is 18.7 Å². The molecule has 1 aromatic rings. The Balaban J connectivity index is 2.17. The molecule has 3 nitrogen and oxygen atoms in total. The summed E-state index contributed by atoms with van der Waals surface area (Å²) in [6.45, 7) is 5.92. The summed E-state index contributed by atoms with van der Waals surface area (Å²) in [7, 11) is 0. The number of halogens is 2. The first-order valence-corrected chi connectivity index (χ1v) is 6.77. The van der Waals surface area contributed by atoms with Crippen LogP contribution in [0.2, 0.25) is 5.02 Å². The van der Waals surface area contributed by atoms with Crippen molar-refractivity contribution in [3.8, 4) is 0 Å². The van der Waals surface area contributed by atoms with Gasteiger partial charge in [-0.25, -0.2) is 9.37 Å². The molecule has 2 heterocycles. The van der Waals surface area contributed by atoms with E-state index in [1.54, 1.807) is 0 Å². The minimum atomic E-state index is -0.353. The Kier molecular flexibility index (Phi) is 4.40. The predicted molar refractivity (Wildman–Crippen MR) is 72.7 cm³/mol. The standard InChI is InChI=1S/C13H19ClFN3/c1-9(2)18(8-11-4-3-5-16-11)13-12(15)6-10(14)7-17-13/h6-7,9,11,16H,3-5,8H2,1-2H3. The number of rotatable bonds is 4. The van der Waals surface area contributed by atoms with E-state index in [0.717, 1.165) is 19.5 Å². The van der Waals surface area contributed by atoms with Crippen LogP contribution in [0.1, 0.15) is 26.7 Å². The van der Waals surface area contributed by atoms with Gasteiger partial charge in [-0.15, -0.1) is 0 Å². The highest BCUT2D eigenvalue weighted by molar-refractivity contribution is 6.30. The first-order chi connectivity index (χ1) is 8.58. The lowest BCUT2D eigenvalue weighted by molar-refractivity contribution is 0.532. The number of aromatic nitrogens is 1. The highest BCUT2D eigenvalue weighted by atomic mass is 35.5. The molecule has 1 aromatic heterocycles. The van der Waals surface area contributed by atoms with Crippen molar-refractivity contribution in [1.29, 1.82) is 0 Å². The van der Waals surface area contributed by atoms with Gasteiger partial charge in [0.15, 0.2) is 11.6 Å². The van der Waals surface area contributed by atoms with Crippen molar-refractivity contribution in [2.75, 3.05) is 18.0 Å². The van der Waals surface area contributed by atoms with Crippen molar-refractivity contribution in [2.45, 2.75) is 38.8 Å². The van der Waals surface area contributed by atoms with Gasteiger partial charge >= 0.3 is 0 Å². The van der Waals surface area contributed by atoms with E-state index in [-0.39, 0.29) is 11.9 Å². The van der Waals surface area contributed by atoms with Crippen molar-refractivity contribution in [3.63, 3.8) is 0 Å². The lowest BCUT2D eigenvalue weighted by Gasteiger charge is -2.30. The largest absolute Gasteiger partial charge is 0.350 e. The first kappa shape index (κ1) is 13.6. The van der Waals surface area contributed by atoms with Crippen LogP contribution in [-0.4, -0.2) is 30.2 Å². The third-order valence-corrected chi connectivity index (χ3v) is 3.47. The van der Waals surface area contributed by atoms with Crippen LogP contribution in [0, 0.1) is 5.82 Å². The molecular formula is C13H19ClFN3. The van der Waals surface area contributed by atoms with Crippen LogP contribution in [-0.2, 0) is 0 Å². The average molecular weight is 272 g/mol. The number of nitrogens with zero attached hydrogens (tertiary/aromatic N) is 2. The fourth-order valence-electron chi connectivity index (χ4n) is 2.31. The SMILES string of the molecule is CC(C)N(CC1CCCN1)c1ncc(Cl)cc1F. The summed E-state index contributed by atoms with van der Waals surface area (Å²) in [5.74, 6) is 0.0392. The molecule has 1 aliphatic rings. The molecule has 1 N–H and O–H groups in total. The van der Waals surface area contributed by atoms with Gasteiger partial charge in [-0.2, -0.15) is 0 Å². The van der Waals surface area contributed by atoms with Gasteiger partial charge in [-0.3, -0.25) is 0 Å². The highest BCUT2D eigenvalue weighted by Gasteiger charge is 2.22. The topological polar surface area (TPSA) is 28.2 Å². The third-order valence-electron chi connectivity index (χ3n) is 3.26. The maximum atomic E-state index is 13.9. The number of anilines is 1. The smallest absolute Gasteiger partial charge is 0.167 e. The van der Waals surface area contributed by atoms with Crippen LogP contribution in [0.3, 0.4) is 0 Å². The second kappa shape index (κ2) is 5.85. The highest BCUT2D eigenvalue weighted by Crippen LogP contribution is 2.22. The molecule has 1 saturated heterocycles. The Morgan fingerprint density at radius 1 is 1.61 bits per heavy atom. The molecule has 100 valence electrons. The zero-order valence-electron chi connectivity index (χ0n) is 10.8. The first-order valence-electron chi connectivity index (χ1n) is 6.39. The maximum Gasteiger partial charge on any atom is 0.167 e. The van der Waals surface area contributed by atoms with E-state index in [2.05, 4.69) is 10.3 Å². The summed E-state index contributed by atoms with van der Waals surface area (Å²) < 4.78 is 13.9. The van der Waals surface area contributed by atoms with E-state index in [4.69, 9.17) is 11.6 Å². The molecular weight excluding hydrogens is 253 g/mol. The van der Waals surface area contributed by atoms with Crippen molar-refractivity contribution >= 4 is 17.4 Å². The van der Waals surface area contributed by atoms with Crippen LogP contribution >= 0.6 is 11.6 Å². The number of hydrogen-bond acceptors (Lipinski definition) is 3. The van der Waals surface area contributed by atoms with Gasteiger partial charge in [0, 0.05) is 24.8 Å². The van der Waals surface area contributed by atoms with Gasteiger partial charge < -0.3 is 10.2 Å². The zero-order chi connectivity index (χ0) is 13.1. The van der Waals surface area contributed by atoms with Crippen LogP contribution in [0.4, 0.5) is 10.2 Å². The second-order valence-electron chi connectivity index (χ2n) is 5.00. The molecule has 2 rings (SSSR count). The molecule has 1 atom stereocenters. The summed E-state index contributed by atoms with van der Waals surface area (Å²) in [6.07, 6.45) is 3.82. The Morgan fingerprint density at radius 3 is 2.94 bits per heavy atom. The van der Waals surface area contributed by atoms with Gasteiger partial charge in [0.05, 0.1) is 5.02 Å². The Morgan fingerprint density at radius 2 is 2.39 bits per heavy atom. The second-order valence-corrected chi connectivity index (χ2v) is 5.43. The summed E-state index contributed by atoms with van der Waals surface area (Å²) in [5.41, 5.74) is 0. The molecule has 0 spiro atoms. The van der Waals surface area contributed by atoms with E-state index in [0.29, 0.717) is 16.9 Å². The van der Waals surface area contributed by atoms with E-state index in [1.807, 2.05) is 18.7 Å². The molecule has 5 heteroatoms. The monoisotopic (exact) mass is 271 g/mol. The van der Waals surface area contributed by atoms with E-state index >= 15 is 0 Å². The van der Waals surface area contributed by atoms with Crippen LogP contribution in [0.15, 0.2) is 12.3 Å². The summed E-state index contributed by atoms with van der Waals surface area (Å²) in [5, 5.41) is 3.76. The zero-order valence-corrected chi connectivity index (χ0v) is 11.5. The van der Waals surface area contributed by atoms with Gasteiger partial charge in [0.1, 0.15) is 0 Å². The van der Waals surface area contributed by atoms with Gasteiger partial charge in [-0.1, -0.05) is 11.6 Å². The molecule has 18 heavy (non-hydrogen) atoms. The lowest BCUT2D eigenvalue weighted by Crippen LogP contribution is -2.42. The number of hydrogen-bond donors (Lipinski definition) is 1. The van der Waals surface area contributed by atoms with E-state index < -0.39 is 0 Å². The van der Waals surface area contributed by atoms with E-state index in [9.17, 15) is 4.39 Å². The van der Waals surface area contributed by atoms with Crippen molar-refractivity contribution in [1.82, 2.24) is 10.3 Å². The number of pyridine rings is 1. The molecule has 0 bridgehead atoms. The summed E-state index contributed by atoms with van der Waals surface area (Å²) in [4.78, 5) is 6.13. The summed E-state index contributed by atoms with van der Waals surface area (Å²) >= 11 is 5.74. The van der Waals surface area contributed by atoms with Crippen LogP contribution in [0.5, 0.6) is 0 Å². The van der Waals surface area contributed by atoms with Crippen molar-refractivity contribution < 1.29 is 4.39 Å². The molecule has 0 radical (unpaired) electrons. The Labute approximate surface area is 112 Å². The van der Waals surface area contributed by atoms with Gasteiger partial charge in [0.25, 0.3) is 0 Å². The molecule has 0 saturated carbocycles. The fraction of sp³-hybridized carbons (Fsp3) is 0.615. The maximum absolute atomic E-state index is 13.9. The molecule has 0 amide bonds. The quantitative estimate of drug-likeness (QED) is 0.913. The van der Waals surface area contributed by atoms with Crippen LogP contribution in [0.25, 0.3) is 0 Å². The van der Waals surface area contributed by atoms with Crippen LogP contribution < -0.4 is 10.2 Å². The number of nitrogens with one attached hydrogen (secondary N) is 1. The molecule has 1 aliphatic heterocycles. The lowest BCUT2D eigenvalue weighted by atomic mass is 10.2. The van der Waals surface area contributed by atoms with Crippen molar-refractivity contribution in [3.05, 3.63) is 23.1 Å². The normalized spacial score (nSPS) is 19.5. The average Bonchev–Trinajstić information content (AvgIpc) is 2.79.